The lowest BCUT2D eigenvalue weighted by Crippen LogP contribution is -2.34. The zero-order valence-corrected chi connectivity index (χ0v) is 16.5. The summed E-state index contributed by atoms with van der Waals surface area (Å²) in [5, 5.41) is 6.16. The molecule has 4 rings (SSSR count). The topological polar surface area (TPSA) is 67.4 Å². The lowest BCUT2D eigenvalue weighted by atomic mass is 10.1. The van der Waals surface area contributed by atoms with Crippen LogP contribution in [0.1, 0.15) is 31.2 Å². The molecule has 2 aromatic carbocycles. The van der Waals surface area contributed by atoms with Crippen LogP contribution < -0.4 is 15.4 Å². The van der Waals surface area contributed by atoms with Crippen LogP contribution >= 0.6 is 11.3 Å². The Hall–Kier alpha value is -3.19. The second-order valence-corrected chi connectivity index (χ2v) is 7.90. The number of benzene rings is 2. The maximum Gasteiger partial charge on any atom is 0.261 e. The molecule has 1 unspecified atom stereocenters. The number of carbonyl (C=O) groups is 2. The number of para-hydroxylation sites is 1. The molecular weight excluding hydrogens is 391 g/mol. The summed E-state index contributed by atoms with van der Waals surface area (Å²) < 4.78 is 19.1. The number of halogens is 1. The van der Waals surface area contributed by atoms with Crippen LogP contribution in [0.4, 0.5) is 9.39 Å². The van der Waals surface area contributed by atoms with Crippen LogP contribution in [-0.2, 0) is 6.42 Å². The van der Waals surface area contributed by atoms with E-state index in [0.29, 0.717) is 16.4 Å². The molecule has 2 heterocycles. The SMILES string of the molecule is Cc1cc(NC(=O)c2cccc(F)c2)sc1C(=O)NCC1Cc2ccccc2O1. The van der Waals surface area contributed by atoms with Gasteiger partial charge in [0.05, 0.1) is 16.4 Å². The highest BCUT2D eigenvalue weighted by molar-refractivity contribution is 7.18. The Morgan fingerprint density at radius 3 is 2.76 bits per heavy atom. The number of aryl methyl sites for hydroxylation is 1. The molecule has 0 saturated heterocycles. The second kappa shape index (κ2) is 8.05. The minimum Gasteiger partial charge on any atom is -0.488 e. The predicted molar refractivity (Wildman–Crippen MR) is 110 cm³/mol. The highest BCUT2D eigenvalue weighted by Gasteiger charge is 2.23. The zero-order chi connectivity index (χ0) is 20.4. The monoisotopic (exact) mass is 410 g/mol. The van der Waals surface area contributed by atoms with Crippen molar-refractivity contribution in [1.29, 1.82) is 0 Å². The average Bonchev–Trinajstić information content (AvgIpc) is 3.28. The molecule has 1 aliphatic rings. The van der Waals surface area contributed by atoms with E-state index in [1.165, 1.54) is 35.6 Å². The van der Waals surface area contributed by atoms with Gasteiger partial charge in [0.15, 0.2) is 0 Å². The number of fused-ring (bicyclic) bond motifs is 1. The van der Waals surface area contributed by atoms with E-state index in [9.17, 15) is 14.0 Å². The largest absolute Gasteiger partial charge is 0.488 e. The van der Waals surface area contributed by atoms with Gasteiger partial charge >= 0.3 is 0 Å². The average molecular weight is 410 g/mol. The van der Waals surface area contributed by atoms with E-state index in [0.717, 1.165) is 23.3 Å². The Morgan fingerprint density at radius 2 is 1.97 bits per heavy atom. The van der Waals surface area contributed by atoms with Gasteiger partial charge in [0, 0.05) is 12.0 Å². The van der Waals surface area contributed by atoms with Gasteiger partial charge in [0.1, 0.15) is 17.7 Å². The highest BCUT2D eigenvalue weighted by atomic mass is 32.1. The first-order chi connectivity index (χ1) is 14.0. The van der Waals surface area contributed by atoms with Crippen LogP contribution in [0, 0.1) is 12.7 Å². The summed E-state index contributed by atoms with van der Waals surface area (Å²) in [6.45, 7) is 2.21. The Bertz CT molecular complexity index is 1050. The van der Waals surface area contributed by atoms with Gasteiger partial charge in [-0.2, -0.15) is 0 Å². The molecule has 0 aliphatic carbocycles. The molecule has 0 saturated carbocycles. The van der Waals surface area contributed by atoms with E-state index in [2.05, 4.69) is 10.6 Å². The number of carbonyl (C=O) groups excluding carboxylic acids is 2. The smallest absolute Gasteiger partial charge is 0.261 e. The van der Waals surface area contributed by atoms with Crippen LogP contribution in [0.3, 0.4) is 0 Å². The maximum atomic E-state index is 13.3. The third-order valence-electron chi connectivity index (χ3n) is 4.65. The molecule has 1 aliphatic heterocycles. The number of hydrogen-bond donors (Lipinski definition) is 2. The molecule has 1 atom stereocenters. The molecule has 3 aromatic rings. The Labute approximate surface area is 171 Å². The number of nitrogens with one attached hydrogen (secondary N) is 2. The summed E-state index contributed by atoms with van der Waals surface area (Å²) in [5.41, 5.74) is 2.12. The summed E-state index contributed by atoms with van der Waals surface area (Å²) in [6, 6.07) is 15.0. The summed E-state index contributed by atoms with van der Waals surface area (Å²) >= 11 is 1.19. The van der Waals surface area contributed by atoms with Gasteiger partial charge in [0.25, 0.3) is 11.8 Å². The van der Waals surface area contributed by atoms with Crippen molar-refractivity contribution < 1.29 is 18.7 Å². The predicted octanol–water partition coefficient (Wildman–Crippen LogP) is 4.18. The minimum absolute atomic E-state index is 0.0937. The summed E-state index contributed by atoms with van der Waals surface area (Å²) in [6.07, 6.45) is 0.665. The molecular formula is C22H19FN2O3S. The normalized spacial score (nSPS) is 14.8. The Morgan fingerprint density at radius 1 is 1.14 bits per heavy atom. The first-order valence-corrected chi connectivity index (χ1v) is 10.0. The van der Waals surface area contributed by atoms with E-state index >= 15 is 0 Å². The van der Waals surface area contributed by atoms with Gasteiger partial charge < -0.3 is 15.4 Å². The van der Waals surface area contributed by atoms with Crippen LogP contribution in [-0.4, -0.2) is 24.5 Å². The first-order valence-electron chi connectivity index (χ1n) is 9.19. The van der Waals surface area contributed by atoms with Gasteiger partial charge in [-0.3, -0.25) is 9.59 Å². The minimum atomic E-state index is -0.476. The number of ether oxygens (including phenoxy) is 1. The molecule has 2 N–H and O–H groups in total. The van der Waals surface area contributed by atoms with Gasteiger partial charge in [0.2, 0.25) is 0 Å². The number of rotatable bonds is 5. The zero-order valence-electron chi connectivity index (χ0n) is 15.7. The van der Waals surface area contributed by atoms with Gasteiger partial charge in [-0.15, -0.1) is 11.3 Å². The third-order valence-corrected chi connectivity index (χ3v) is 5.80. The lowest BCUT2D eigenvalue weighted by molar-refractivity contribution is 0.0936. The van der Waals surface area contributed by atoms with Crippen molar-refractivity contribution in [2.24, 2.45) is 0 Å². The number of amides is 2. The van der Waals surface area contributed by atoms with Crippen molar-refractivity contribution in [2.45, 2.75) is 19.4 Å². The Kier molecular flexibility index (Phi) is 5.31. The molecule has 7 heteroatoms. The van der Waals surface area contributed by atoms with Crippen molar-refractivity contribution in [3.05, 3.63) is 82.0 Å². The van der Waals surface area contributed by atoms with Crippen LogP contribution in [0.15, 0.2) is 54.6 Å². The van der Waals surface area contributed by atoms with Crippen molar-refractivity contribution >= 4 is 28.2 Å². The molecule has 5 nitrogen and oxygen atoms in total. The van der Waals surface area contributed by atoms with E-state index in [-0.39, 0.29) is 17.6 Å². The third kappa shape index (κ3) is 4.30. The molecule has 148 valence electrons. The summed E-state index contributed by atoms with van der Waals surface area (Å²) in [4.78, 5) is 25.4. The number of anilines is 1. The summed E-state index contributed by atoms with van der Waals surface area (Å²) in [5.74, 6) is -0.245. The number of thiophene rings is 1. The molecule has 0 fully saturated rings. The highest BCUT2D eigenvalue weighted by Crippen LogP contribution is 2.29. The molecule has 29 heavy (non-hydrogen) atoms. The molecule has 2 amide bonds. The fourth-order valence-electron chi connectivity index (χ4n) is 3.24. The fraction of sp³-hybridized carbons (Fsp3) is 0.182. The second-order valence-electron chi connectivity index (χ2n) is 6.85. The first kappa shape index (κ1) is 19.1. The fourth-order valence-corrected chi connectivity index (χ4v) is 4.22. The molecule has 0 bridgehead atoms. The van der Waals surface area contributed by atoms with Crippen LogP contribution in [0.5, 0.6) is 5.75 Å². The van der Waals surface area contributed by atoms with Crippen molar-refractivity contribution in [1.82, 2.24) is 5.32 Å². The van der Waals surface area contributed by atoms with E-state index in [1.54, 1.807) is 6.07 Å². The summed E-state index contributed by atoms with van der Waals surface area (Å²) in [7, 11) is 0. The van der Waals surface area contributed by atoms with E-state index < -0.39 is 11.7 Å². The Balaban J connectivity index is 1.36. The van der Waals surface area contributed by atoms with E-state index in [4.69, 9.17) is 4.74 Å². The van der Waals surface area contributed by atoms with Crippen LogP contribution in [0.2, 0.25) is 0 Å². The molecule has 1 aromatic heterocycles. The quantitative estimate of drug-likeness (QED) is 0.663. The van der Waals surface area contributed by atoms with E-state index in [1.807, 2.05) is 31.2 Å². The van der Waals surface area contributed by atoms with Crippen molar-refractivity contribution in [2.75, 3.05) is 11.9 Å². The standard InChI is InChI=1S/C22H19FN2O3S/c1-13-9-19(25-21(26)15-6-4-7-16(23)10-15)29-20(13)22(27)24-12-17-11-14-5-2-3-8-18(14)28-17/h2-10,17H,11-12H2,1H3,(H,24,27)(H,25,26). The molecule has 0 radical (unpaired) electrons. The van der Waals surface area contributed by atoms with Gasteiger partial charge in [-0.05, 0) is 48.4 Å². The van der Waals surface area contributed by atoms with Gasteiger partial charge in [-0.1, -0.05) is 24.3 Å². The number of hydrogen-bond acceptors (Lipinski definition) is 4. The molecule has 0 spiro atoms. The van der Waals surface area contributed by atoms with Gasteiger partial charge in [-0.25, -0.2) is 4.39 Å². The van der Waals surface area contributed by atoms with Crippen LogP contribution in [0.25, 0.3) is 0 Å². The van der Waals surface area contributed by atoms with Crippen molar-refractivity contribution in [3.8, 4) is 5.75 Å². The van der Waals surface area contributed by atoms with Crippen molar-refractivity contribution in [3.63, 3.8) is 0 Å². The lowest BCUT2D eigenvalue weighted by Gasteiger charge is -2.11. The maximum absolute atomic E-state index is 13.3.